The first-order valence-electron chi connectivity index (χ1n) is 9.69. The summed E-state index contributed by atoms with van der Waals surface area (Å²) in [5.41, 5.74) is 2.13. The number of ether oxygens (including phenoxy) is 3. The first kappa shape index (κ1) is 21.0. The summed E-state index contributed by atoms with van der Waals surface area (Å²) in [7, 11) is 4.70. The van der Waals surface area contributed by atoms with Gasteiger partial charge in [-0.15, -0.1) is 0 Å². The van der Waals surface area contributed by atoms with Gasteiger partial charge in [-0.05, 0) is 54.0 Å². The molecule has 3 aromatic rings. The summed E-state index contributed by atoms with van der Waals surface area (Å²) in [5.74, 6) is 1.53. The van der Waals surface area contributed by atoms with Crippen molar-refractivity contribution in [2.24, 2.45) is 0 Å². The van der Waals surface area contributed by atoms with Gasteiger partial charge in [0, 0.05) is 12.6 Å². The molecule has 1 aliphatic rings. The zero-order valence-electron chi connectivity index (χ0n) is 17.4. The van der Waals surface area contributed by atoms with Gasteiger partial charge in [0.15, 0.2) is 16.3 Å². The second-order valence-corrected chi connectivity index (χ2v) is 7.46. The molecule has 1 atom stereocenters. The lowest BCUT2D eigenvalue weighted by atomic mass is 9.90. The number of nitrogens with zero attached hydrogens (tertiary/aromatic N) is 1. The van der Waals surface area contributed by atoms with Gasteiger partial charge in [-0.25, -0.2) is 0 Å². The maximum Gasteiger partial charge on any atom is 0.260 e. The molecule has 0 saturated carbocycles. The van der Waals surface area contributed by atoms with E-state index >= 15 is 0 Å². The largest absolute Gasteiger partial charge is 0.497 e. The number of methoxy groups -OCH3 is 3. The summed E-state index contributed by atoms with van der Waals surface area (Å²) in [6.45, 7) is 0.626. The number of aromatic hydroxyl groups is 1. The summed E-state index contributed by atoms with van der Waals surface area (Å²) in [6, 6.07) is 10.3. The molecule has 0 spiro atoms. The van der Waals surface area contributed by atoms with Gasteiger partial charge < -0.3 is 24.6 Å². The van der Waals surface area contributed by atoms with Crippen molar-refractivity contribution in [1.29, 1.82) is 0 Å². The molecule has 3 N–H and O–H groups in total. The Balaban J connectivity index is 1.93. The van der Waals surface area contributed by atoms with Gasteiger partial charge in [0.25, 0.3) is 5.56 Å². The van der Waals surface area contributed by atoms with Crippen LogP contribution in [-0.2, 0) is 6.42 Å². The maximum atomic E-state index is 12.9. The highest BCUT2D eigenvalue weighted by atomic mass is 32.1. The van der Waals surface area contributed by atoms with Crippen LogP contribution in [0.5, 0.6) is 23.1 Å². The van der Waals surface area contributed by atoms with E-state index in [9.17, 15) is 9.90 Å². The molecule has 0 amide bonds. The van der Waals surface area contributed by atoms with E-state index in [0.717, 1.165) is 17.5 Å². The molecule has 1 aromatic heterocycles. The third kappa shape index (κ3) is 3.66. The molecule has 1 aliphatic heterocycles. The van der Waals surface area contributed by atoms with Crippen molar-refractivity contribution in [2.75, 3.05) is 27.9 Å². The maximum absolute atomic E-state index is 12.9. The average Bonchev–Trinajstić information content (AvgIpc) is 2.78. The number of fused-ring (bicyclic) bond motifs is 1. The van der Waals surface area contributed by atoms with Crippen molar-refractivity contribution in [3.63, 3.8) is 0 Å². The number of aromatic nitrogens is 2. The zero-order valence-corrected chi connectivity index (χ0v) is 18.2. The molecule has 0 radical (unpaired) electrons. The predicted octanol–water partition coefficient (Wildman–Crippen LogP) is 2.86. The summed E-state index contributed by atoms with van der Waals surface area (Å²) in [6.07, 6.45) is 0.750. The number of hydrogen-bond acceptors (Lipinski definition) is 7. The Morgan fingerprint density at radius 1 is 1.10 bits per heavy atom. The fourth-order valence-corrected chi connectivity index (χ4v) is 4.21. The number of aromatic amines is 1. The first-order valence-corrected chi connectivity index (χ1v) is 10.1. The Morgan fingerprint density at radius 3 is 2.55 bits per heavy atom. The van der Waals surface area contributed by atoms with Crippen LogP contribution >= 0.6 is 12.2 Å². The highest BCUT2D eigenvalue weighted by Crippen LogP contribution is 2.38. The quantitative estimate of drug-likeness (QED) is 0.524. The van der Waals surface area contributed by atoms with E-state index in [4.69, 9.17) is 26.4 Å². The van der Waals surface area contributed by atoms with E-state index in [0.29, 0.717) is 29.5 Å². The molecule has 9 heteroatoms. The molecular weight excluding hydrogens is 418 g/mol. The lowest BCUT2D eigenvalue weighted by Crippen LogP contribution is -2.35. The third-order valence-corrected chi connectivity index (χ3v) is 5.70. The monoisotopic (exact) mass is 441 g/mol. The normalized spacial score (nSPS) is 15.3. The second kappa shape index (κ2) is 8.44. The van der Waals surface area contributed by atoms with Crippen LogP contribution in [0.15, 0.2) is 41.2 Å². The van der Waals surface area contributed by atoms with Crippen LogP contribution in [0.1, 0.15) is 22.7 Å². The molecule has 4 rings (SSSR count). The number of benzene rings is 2. The van der Waals surface area contributed by atoms with E-state index in [2.05, 4.69) is 10.3 Å². The van der Waals surface area contributed by atoms with Crippen molar-refractivity contribution >= 4 is 12.2 Å². The van der Waals surface area contributed by atoms with Gasteiger partial charge >= 0.3 is 0 Å². The van der Waals surface area contributed by atoms with Crippen molar-refractivity contribution in [3.05, 3.63) is 68.2 Å². The Kier molecular flexibility index (Phi) is 5.71. The molecular formula is C22H23N3O5S. The van der Waals surface area contributed by atoms with Crippen molar-refractivity contribution in [3.8, 4) is 28.8 Å². The molecule has 0 saturated heterocycles. The predicted molar refractivity (Wildman–Crippen MR) is 119 cm³/mol. The van der Waals surface area contributed by atoms with Gasteiger partial charge in [0.1, 0.15) is 5.75 Å². The van der Waals surface area contributed by atoms with Crippen LogP contribution in [0.2, 0.25) is 0 Å². The van der Waals surface area contributed by atoms with Gasteiger partial charge in [0.05, 0.1) is 38.6 Å². The van der Waals surface area contributed by atoms with Gasteiger partial charge in [-0.2, -0.15) is 0 Å². The Morgan fingerprint density at radius 2 is 1.84 bits per heavy atom. The van der Waals surface area contributed by atoms with E-state index in [-0.39, 0.29) is 16.2 Å². The number of H-pyrrole nitrogens is 1. The minimum atomic E-state index is -0.556. The Hall–Kier alpha value is -3.30. The number of nitrogens with one attached hydrogen (secondary N) is 2. The van der Waals surface area contributed by atoms with E-state index in [1.54, 1.807) is 45.6 Å². The fourth-order valence-electron chi connectivity index (χ4n) is 3.93. The number of rotatable bonds is 5. The SMILES string of the molecule is COc1cccc(-n2c(O)c([C@H]3NCCc4cc(OC)c(OC)cc43)c(=O)[nH]c2=S)c1. The Bertz CT molecular complexity index is 1250. The minimum Gasteiger partial charge on any atom is -0.497 e. The Labute approximate surface area is 184 Å². The van der Waals surface area contributed by atoms with Crippen LogP contribution < -0.4 is 25.1 Å². The first-order chi connectivity index (χ1) is 15.0. The second-order valence-electron chi connectivity index (χ2n) is 7.08. The van der Waals surface area contributed by atoms with Crippen molar-refractivity contribution in [1.82, 2.24) is 14.9 Å². The van der Waals surface area contributed by atoms with Crippen molar-refractivity contribution < 1.29 is 19.3 Å². The van der Waals surface area contributed by atoms with Crippen LogP contribution in [0.25, 0.3) is 5.69 Å². The topological polar surface area (TPSA) is 97.7 Å². The molecule has 0 bridgehead atoms. The molecule has 0 aliphatic carbocycles. The van der Waals surface area contributed by atoms with Crippen LogP contribution in [-0.4, -0.2) is 42.5 Å². The summed E-state index contributed by atoms with van der Waals surface area (Å²) < 4.78 is 17.6. The molecule has 31 heavy (non-hydrogen) atoms. The smallest absolute Gasteiger partial charge is 0.260 e. The van der Waals surface area contributed by atoms with Crippen LogP contribution in [0.4, 0.5) is 0 Å². The van der Waals surface area contributed by atoms with Gasteiger partial charge in [0.2, 0.25) is 5.88 Å². The number of hydrogen-bond donors (Lipinski definition) is 3. The van der Waals surface area contributed by atoms with E-state index in [1.807, 2.05) is 12.1 Å². The lowest BCUT2D eigenvalue weighted by Gasteiger charge is -2.29. The third-order valence-electron chi connectivity index (χ3n) is 5.42. The summed E-state index contributed by atoms with van der Waals surface area (Å²) in [5, 5.41) is 14.5. The van der Waals surface area contributed by atoms with Crippen LogP contribution in [0.3, 0.4) is 0 Å². The minimum absolute atomic E-state index is 0.0860. The average molecular weight is 442 g/mol. The highest BCUT2D eigenvalue weighted by Gasteiger charge is 2.30. The fraction of sp³-hybridized carbons (Fsp3) is 0.273. The highest BCUT2D eigenvalue weighted by molar-refractivity contribution is 7.71. The molecule has 0 unspecified atom stereocenters. The molecule has 8 nitrogen and oxygen atoms in total. The molecule has 2 heterocycles. The zero-order chi connectivity index (χ0) is 22.1. The summed E-state index contributed by atoms with van der Waals surface area (Å²) >= 11 is 5.35. The van der Waals surface area contributed by atoms with Gasteiger partial charge in [-0.3, -0.25) is 14.3 Å². The van der Waals surface area contributed by atoms with Crippen LogP contribution in [0, 0.1) is 4.77 Å². The molecule has 2 aromatic carbocycles. The lowest BCUT2D eigenvalue weighted by molar-refractivity contribution is 0.352. The van der Waals surface area contributed by atoms with Gasteiger partial charge in [-0.1, -0.05) is 6.07 Å². The summed E-state index contributed by atoms with van der Waals surface area (Å²) in [4.78, 5) is 15.6. The van der Waals surface area contributed by atoms with Crippen molar-refractivity contribution in [2.45, 2.75) is 12.5 Å². The molecule has 162 valence electrons. The molecule has 0 fully saturated rings. The standard InChI is InChI=1S/C22H23N3O5S/c1-28-14-6-4-5-13(10-14)25-21(27)18(20(26)24-22(25)31)19-15-11-17(30-3)16(29-2)9-12(15)7-8-23-19/h4-6,9-11,19,23,27H,7-8H2,1-3H3,(H,24,26,31)/t19-/m0/s1. The van der Waals surface area contributed by atoms with E-state index in [1.165, 1.54) is 4.57 Å². The van der Waals surface area contributed by atoms with E-state index < -0.39 is 11.6 Å².